The molecule has 1 unspecified atom stereocenters. The number of unbranched alkanes of at least 4 members (excludes halogenated alkanes) is 4. The van der Waals surface area contributed by atoms with Crippen molar-refractivity contribution >= 4 is 23.9 Å². The van der Waals surface area contributed by atoms with Gasteiger partial charge in [0.15, 0.2) is 6.10 Å². The minimum Gasteiger partial charge on any atom is -0.459 e. The quantitative estimate of drug-likeness (QED) is 0.0536. The molecule has 1 fully saturated rings. The highest BCUT2D eigenvalue weighted by atomic mass is 19.3. The largest absolute Gasteiger partial charge is 0.459 e. The van der Waals surface area contributed by atoms with Crippen molar-refractivity contribution in [1.82, 2.24) is 16.0 Å². The summed E-state index contributed by atoms with van der Waals surface area (Å²) in [6.45, 7) is 11.5. The summed E-state index contributed by atoms with van der Waals surface area (Å²) in [7, 11) is 0. The summed E-state index contributed by atoms with van der Waals surface area (Å²) in [5, 5.41) is 7.21. The molecule has 1 heterocycles. The summed E-state index contributed by atoms with van der Waals surface area (Å²) >= 11 is 0. The number of hydrogen-bond donors (Lipinski definition) is 3. The second kappa shape index (κ2) is 29.3. The molecule has 0 saturated carbocycles. The predicted octanol–water partition coefficient (Wildman–Crippen LogP) is 7.20. The Bertz CT molecular complexity index is 1610. The van der Waals surface area contributed by atoms with Crippen LogP contribution in [0.3, 0.4) is 0 Å². The lowest BCUT2D eigenvalue weighted by Gasteiger charge is -2.48. The average molecular weight is 892 g/mol. The number of halogens is 2. The lowest BCUT2D eigenvalue weighted by Crippen LogP contribution is -2.66. The smallest absolute Gasteiger partial charge is 0.408 e. The van der Waals surface area contributed by atoms with E-state index in [0.717, 1.165) is 44.1 Å². The number of hydrogen-bond acceptors (Lipinski definition) is 11. The Balaban J connectivity index is 1.91. The van der Waals surface area contributed by atoms with Crippen LogP contribution in [0.5, 0.6) is 0 Å². The van der Waals surface area contributed by atoms with Crippen molar-refractivity contribution in [2.75, 3.05) is 33.0 Å². The van der Waals surface area contributed by atoms with E-state index in [2.05, 4.69) is 16.0 Å². The first-order valence-corrected chi connectivity index (χ1v) is 22.6. The van der Waals surface area contributed by atoms with Gasteiger partial charge in [-0.05, 0) is 50.7 Å². The van der Waals surface area contributed by atoms with Crippen LogP contribution >= 0.6 is 0 Å². The van der Waals surface area contributed by atoms with E-state index in [1.165, 1.54) is 13.8 Å². The lowest BCUT2D eigenvalue weighted by molar-refractivity contribution is -0.306. The van der Waals surface area contributed by atoms with E-state index in [0.29, 0.717) is 31.6 Å². The van der Waals surface area contributed by atoms with Gasteiger partial charge in [-0.3, -0.25) is 9.59 Å². The van der Waals surface area contributed by atoms with Crippen molar-refractivity contribution < 1.29 is 61.1 Å². The second-order valence-corrected chi connectivity index (χ2v) is 15.9. The number of carbonyl (C=O) groups is 4. The summed E-state index contributed by atoms with van der Waals surface area (Å²) in [6.07, 6.45) is -2.59. The molecule has 2 aromatic rings. The minimum absolute atomic E-state index is 0.0197. The second-order valence-electron chi connectivity index (χ2n) is 15.9. The van der Waals surface area contributed by atoms with Gasteiger partial charge in [0, 0.05) is 32.8 Å². The highest BCUT2D eigenvalue weighted by Crippen LogP contribution is 2.39. The number of esters is 1. The standard InChI is InChI=1S/C47H71F2N3O11/c1-7-11-25-57-32-38-39(58-26-12-8-2)40(59-27-13-9-3)41(60-28-14-10-4)42(63-38)47(48,49)29-37(52-46(56)62-31-36-23-19-16-20-24-36)44(54)50-33(5)43(53)51-34(6)45(55)61-30-35-21-17-15-18-22-35/h15-24,33-34,37-42H,7-14,25-32H2,1-6H3,(H,50,54)(H,51,53)(H,52,56)/t33-,34-,37?,38+,39-,40-,41+,42+/m0/s1. The number of alkyl halides is 2. The molecule has 1 aliphatic heterocycles. The number of ether oxygens (including phenoxy) is 7. The van der Waals surface area contributed by atoms with Crippen LogP contribution < -0.4 is 16.0 Å². The molecule has 1 saturated heterocycles. The molecule has 0 aromatic heterocycles. The molecule has 63 heavy (non-hydrogen) atoms. The number of rotatable bonds is 30. The first-order chi connectivity index (χ1) is 30.3. The van der Waals surface area contributed by atoms with Crippen molar-refractivity contribution in [3.8, 4) is 0 Å². The van der Waals surface area contributed by atoms with Crippen LogP contribution in [0.1, 0.15) is 110 Å². The maximum Gasteiger partial charge on any atom is 0.408 e. The van der Waals surface area contributed by atoms with Gasteiger partial charge >= 0.3 is 12.1 Å². The van der Waals surface area contributed by atoms with Crippen molar-refractivity contribution in [3.63, 3.8) is 0 Å². The van der Waals surface area contributed by atoms with Crippen molar-refractivity contribution in [1.29, 1.82) is 0 Å². The monoisotopic (exact) mass is 892 g/mol. The number of alkyl carbamates (subject to hydrolysis) is 1. The molecule has 354 valence electrons. The number of amides is 3. The fourth-order valence-electron chi connectivity index (χ4n) is 6.63. The van der Waals surface area contributed by atoms with E-state index in [4.69, 9.17) is 33.2 Å². The van der Waals surface area contributed by atoms with Gasteiger partial charge < -0.3 is 49.1 Å². The predicted molar refractivity (Wildman–Crippen MR) is 233 cm³/mol. The highest BCUT2D eigenvalue weighted by Gasteiger charge is 2.58. The molecule has 16 heteroatoms. The summed E-state index contributed by atoms with van der Waals surface area (Å²) in [4.78, 5) is 53.1. The van der Waals surface area contributed by atoms with E-state index < -0.39 is 84.9 Å². The van der Waals surface area contributed by atoms with E-state index >= 15 is 8.78 Å². The van der Waals surface area contributed by atoms with Crippen LogP contribution in [0.2, 0.25) is 0 Å². The first kappa shape index (κ1) is 53.1. The number of benzene rings is 2. The zero-order valence-electron chi connectivity index (χ0n) is 38.0. The summed E-state index contributed by atoms with van der Waals surface area (Å²) < 4.78 is 76.5. The number of nitrogens with one attached hydrogen (secondary N) is 3. The van der Waals surface area contributed by atoms with Crippen LogP contribution in [0.25, 0.3) is 0 Å². The molecule has 1 aliphatic rings. The van der Waals surface area contributed by atoms with Gasteiger partial charge in [-0.15, -0.1) is 0 Å². The van der Waals surface area contributed by atoms with E-state index in [9.17, 15) is 19.2 Å². The highest BCUT2D eigenvalue weighted by molar-refractivity contribution is 5.92. The van der Waals surface area contributed by atoms with Gasteiger partial charge in [-0.2, -0.15) is 0 Å². The minimum atomic E-state index is -3.86. The molecular formula is C47H71F2N3O11. The van der Waals surface area contributed by atoms with Gasteiger partial charge in [0.1, 0.15) is 55.8 Å². The molecule has 0 radical (unpaired) electrons. The molecule has 8 atom stereocenters. The summed E-state index contributed by atoms with van der Waals surface area (Å²) in [5.74, 6) is -6.49. The average Bonchev–Trinajstić information content (AvgIpc) is 3.27. The Morgan fingerprint density at radius 2 is 1.13 bits per heavy atom. The summed E-state index contributed by atoms with van der Waals surface area (Å²) in [6, 6.07) is 13.3. The molecule has 0 bridgehead atoms. The lowest BCUT2D eigenvalue weighted by atomic mass is 9.88. The SMILES string of the molecule is CCCCOC[C@H]1O[C@@H](C(F)(F)CC(NC(=O)OCc2ccccc2)C(=O)N[C@@H](C)C(=O)N[C@@H](C)C(=O)OCc2ccccc2)[C@H](OCCCC)[C@@H](OCCCC)[C@H]1OCCCC. The molecule has 0 spiro atoms. The van der Waals surface area contributed by atoms with E-state index in [1.54, 1.807) is 54.6 Å². The van der Waals surface area contributed by atoms with Gasteiger partial charge in [-0.25, -0.2) is 18.4 Å². The fraction of sp³-hybridized carbons (Fsp3) is 0.660. The Hall–Kier alpha value is -4.22. The van der Waals surface area contributed by atoms with Crippen LogP contribution in [0.4, 0.5) is 13.6 Å². The van der Waals surface area contributed by atoms with Gasteiger partial charge in [0.25, 0.3) is 5.92 Å². The maximum absolute atomic E-state index is 17.3. The molecular weight excluding hydrogens is 821 g/mol. The first-order valence-electron chi connectivity index (χ1n) is 22.6. The van der Waals surface area contributed by atoms with Crippen LogP contribution in [0, 0.1) is 0 Å². The molecule has 3 rings (SSSR count). The molecule has 0 aliphatic carbocycles. The van der Waals surface area contributed by atoms with Crippen LogP contribution in [-0.2, 0) is 60.8 Å². The molecule has 3 N–H and O–H groups in total. The maximum atomic E-state index is 17.3. The van der Waals surface area contributed by atoms with Crippen molar-refractivity contribution in [2.45, 2.75) is 167 Å². The summed E-state index contributed by atoms with van der Waals surface area (Å²) in [5.41, 5.74) is 1.37. The molecule has 2 aromatic carbocycles. The van der Waals surface area contributed by atoms with Crippen molar-refractivity contribution in [2.24, 2.45) is 0 Å². The van der Waals surface area contributed by atoms with E-state index in [1.807, 2.05) is 33.8 Å². The molecule has 14 nitrogen and oxygen atoms in total. The zero-order chi connectivity index (χ0) is 46.0. The van der Waals surface area contributed by atoms with Gasteiger partial charge in [0.2, 0.25) is 11.8 Å². The zero-order valence-corrected chi connectivity index (χ0v) is 38.0. The third-order valence-electron chi connectivity index (χ3n) is 10.4. The van der Waals surface area contributed by atoms with Gasteiger partial charge in [-0.1, -0.05) is 114 Å². The van der Waals surface area contributed by atoms with Crippen LogP contribution in [0.15, 0.2) is 60.7 Å². The third kappa shape index (κ3) is 18.8. The molecule has 3 amide bonds. The Morgan fingerprint density at radius 1 is 0.635 bits per heavy atom. The normalized spacial score (nSPS) is 20.2. The number of carbonyl (C=O) groups excluding carboxylic acids is 4. The van der Waals surface area contributed by atoms with Crippen molar-refractivity contribution in [3.05, 3.63) is 71.8 Å². The Morgan fingerprint density at radius 3 is 1.68 bits per heavy atom. The topological polar surface area (TPSA) is 169 Å². The van der Waals surface area contributed by atoms with Gasteiger partial charge in [0.05, 0.1) is 6.61 Å². The fourth-order valence-corrected chi connectivity index (χ4v) is 6.63. The van der Waals surface area contributed by atoms with E-state index in [-0.39, 0.29) is 33.0 Å². The Labute approximate surface area is 372 Å². The Kier molecular flexibility index (Phi) is 24.7. The third-order valence-corrected chi connectivity index (χ3v) is 10.4. The van der Waals surface area contributed by atoms with Crippen LogP contribution in [-0.4, -0.2) is 111 Å².